The van der Waals surface area contributed by atoms with Gasteiger partial charge in [-0.3, -0.25) is 0 Å². The van der Waals surface area contributed by atoms with Crippen molar-refractivity contribution in [3.05, 3.63) is 144 Å². The largest absolute Gasteiger partial charge is 0.316 e. The van der Waals surface area contributed by atoms with Crippen molar-refractivity contribution in [1.82, 2.24) is 10.6 Å². The molecule has 0 spiro atoms. The molecule has 0 bridgehead atoms. The maximum absolute atomic E-state index is 3.79. The van der Waals surface area contributed by atoms with E-state index in [2.05, 4.69) is 126 Å². The van der Waals surface area contributed by atoms with Crippen molar-refractivity contribution in [2.45, 2.75) is 25.9 Å². The van der Waals surface area contributed by atoms with Crippen molar-refractivity contribution in [1.29, 1.82) is 0 Å². The topological polar surface area (TPSA) is 24.1 Å². The third-order valence-corrected chi connectivity index (χ3v) is 5.85. The highest BCUT2D eigenvalue weighted by molar-refractivity contribution is 5.85. The first kappa shape index (κ1) is 25.2. The lowest BCUT2D eigenvalue weighted by Crippen LogP contribution is -2.23. The smallest absolute Gasteiger partial charge is 0.0363 e. The van der Waals surface area contributed by atoms with E-state index < -0.39 is 0 Å². The summed E-state index contributed by atoms with van der Waals surface area (Å²) in [6.07, 6.45) is 4.92. The number of nitrogens with one attached hydrogen (secondary N) is 2. The van der Waals surface area contributed by atoms with Crippen LogP contribution in [0.25, 0.3) is 10.8 Å². The van der Waals surface area contributed by atoms with Gasteiger partial charge < -0.3 is 10.6 Å². The van der Waals surface area contributed by atoms with Crippen LogP contribution in [0.2, 0.25) is 0 Å². The second kappa shape index (κ2) is 13.9. The van der Waals surface area contributed by atoms with Crippen molar-refractivity contribution in [3.8, 4) is 0 Å². The van der Waals surface area contributed by atoms with Gasteiger partial charge in [-0.25, -0.2) is 0 Å². The first-order valence-corrected chi connectivity index (χ1v) is 11.9. The normalized spacial score (nSPS) is 12.0. The molecule has 174 valence electrons. The maximum atomic E-state index is 3.79. The molecule has 4 aromatic rings. The van der Waals surface area contributed by atoms with Gasteiger partial charge in [0.15, 0.2) is 0 Å². The number of hydrogen-bond donors (Lipinski definition) is 2. The van der Waals surface area contributed by atoms with Crippen LogP contribution in [0.1, 0.15) is 29.7 Å². The molecule has 2 nitrogen and oxygen atoms in total. The van der Waals surface area contributed by atoms with Gasteiger partial charge >= 0.3 is 0 Å². The molecule has 2 heteroatoms. The van der Waals surface area contributed by atoms with Gasteiger partial charge in [-0.15, -0.1) is 0 Å². The van der Waals surface area contributed by atoms with E-state index in [1.54, 1.807) is 0 Å². The van der Waals surface area contributed by atoms with Crippen LogP contribution in [0.3, 0.4) is 0 Å². The number of benzene rings is 4. The molecule has 0 saturated carbocycles. The summed E-state index contributed by atoms with van der Waals surface area (Å²) in [6.45, 7) is 7.43. The summed E-state index contributed by atoms with van der Waals surface area (Å²) in [5.74, 6) is 0. The number of fused-ring (bicyclic) bond motifs is 1. The van der Waals surface area contributed by atoms with Crippen LogP contribution in [0.4, 0.5) is 0 Å². The Hall–Kier alpha value is -3.46. The lowest BCUT2D eigenvalue weighted by atomic mass is 9.98. The Morgan fingerprint density at radius 3 is 2.18 bits per heavy atom. The molecule has 1 unspecified atom stereocenters. The fourth-order valence-corrected chi connectivity index (χ4v) is 3.87. The van der Waals surface area contributed by atoms with Crippen molar-refractivity contribution >= 4 is 10.8 Å². The van der Waals surface area contributed by atoms with Gasteiger partial charge in [0.05, 0.1) is 0 Å². The molecule has 1 atom stereocenters. The van der Waals surface area contributed by atoms with Crippen LogP contribution in [-0.2, 0) is 13.0 Å². The summed E-state index contributed by atoms with van der Waals surface area (Å²) >= 11 is 0. The third-order valence-electron chi connectivity index (χ3n) is 5.85. The molecule has 34 heavy (non-hydrogen) atoms. The fourth-order valence-electron chi connectivity index (χ4n) is 3.87. The van der Waals surface area contributed by atoms with Crippen LogP contribution in [0.15, 0.2) is 127 Å². The summed E-state index contributed by atoms with van der Waals surface area (Å²) < 4.78 is 0. The zero-order chi connectivity index (χ0) is 24.0. The molecule has 0 aliphatic rings. The Morgan fingerprint density at radius 2 is 1.47 bits per heavy atom. The summed E-state index contributed by atoms with van der Waals surface area (Å²) in [5, 5.41) is 9.43. The van der Waals surface area contributed by atoms with E-state index in [1.165, 1.54) is 33.0 Å². The lowest BCUT2D eigenvalue weighted by Gasteiger charge is -2.20. The van der Waals surface area contributed by atoms with Crippen LogP contribution in [0.5, 0.6) is 0 Å². The maximum Gasteiger partial charge on any atom is 0.0363 e. The Kier molecular flexibility index (Phi) is 10.3. The molecule has 4 aromatic carbocycles. The van der Waals surface area contributed by atoms with Gasteiger partial charge in [-0.1, -0.05) is 127 Å². The SMILES string of the molecule is C=C/C(C)=C\CNC.c1ccc(CC(NCc2cccc3ccccc23)c2ccccc2)cc1. The highest BCUT2D eigenvalue weighted by Crippen LogP contribution is 2.22. The van der Waals surface area contributed by atoms with Gasteiger partial charge in [0.25, 0.3) is 0 Å². The number of rotatable bonds is 9. The van der Waals surface area contributed by atoms with Crippen LogP contribution >= 0.6 is 0 Å². The van der Waals surface area contributed by atoms with Gasteiger partial charge in [-0.2, -0.15) is 0 Å². The van der Waals surface area contributed by atoms with E-state index in [0.29, 0.717) is 0 Å². The van der Waals surface area contributed by atoms with E-state index in [4.69, 9.17) is 0 Å². The number of hydrogen-bond acceptors (Lipinski definition) is 2. The first-order valence-electron chi connectivity index (χ1n) is 11.9. The predicted molar refractivity (Wildman–Crippen MR) is 148 cm³/mol. The molecular formula is C32H36N2. The van der Waals surface area contributed by atoms with E-state index >= 15 is 0 Å². The monoisotopic (exact) mass is 448 g/mol. The van der Waals surface area contributed by atoms with E-state index in [0.717, 1.165) is 19.5 Å². The second-order valence-corrected chi connectivity index (χ2v) is 8.38. The first-order chi connectivity index (χ1) is 16.7. The number of allylic oxidation sites excluding steroid dienone is 2. The standard InChI is InChI=1S/C25H23N.C7H13N/c1-3-10-20(11-4-1)18-25(22-13-5-2-6-14-22)26-19-23-16-9-15-21-12-7-8-17-24(21)23;1-4-7(2)5-6-8-3/h1-17,25-26H,18-19H2;4-5,8H,1,6H2,2-3H3/b;7-5-. The number of likely N-dealkylation sites (N-methyl/N-ethyl adjacent to an activating group) is 1. The summed E-state index contributed by atoms with van der Waals surface area (Å²) in [4.78, 5) is 0. The van der Waals surface area contributed by atoms with E-state index in [9.17, 15) is 0 Å². The molecular weight excluding hydrogens is 412 g/mol. The van der Waals surface area contributed by atoms with Crippen molar-refractivity contribution < 1.29 is 0 Å². The van der Waals surface area contributed by atoms with Gasteiger partial charge in [0.1, 0.15) is 0 Å². The minimum Gasteiger partial charge on any atom is -0.316 e. The predicted octanol–water partition coefficient (Wildman–Crippen LogP) is 7.25. The van der Waals surface area contributed by atoms with Crippen LogP contribution < -0.4 is 10.6 Å². The molecule has 2 N–H and O–H groups in total. The quantitative estimate of drug-likeness (QED) is 0.263. The average Bonchev–Trinajstić information content (AvgIpc) is 2.91. The van der Waals surface area contributed by atoms with Crippen molar-refractivity contribution in [3.63, 3.8) is 0 Å². The highest BCUT2D eigenvalue weighted by atomic mass is 14.9. The van der Waals surface area contributed by atoms with Crippen molar-refractivity contribution in [2.24, 2.45) is 0 Å². The van der Waals surface area contributed by atoms with Gasteiger partial charge in [-0.05, 0) is 47.9 Å². The Labute approximate surface area is 205 Å². The zero-order valence-corrected chi connectivity index (χ0v) is 20.4. The van der Waals surface area contributed by atoms with E-state index in [-0.39, 0.29) is 6.04 Å². The molecule has 0 saturated heterocycles. The Bertz CT molecular complexity index is 1160. The zero-order valence-electron chi connectivity index (χ0n) is 20.4. The van der Waals surface area contributed by atoms with Gasteiger partial charge in [0, 0.05) is 19.1 Å². The molecule has 4 rings (SSSR count). The van der Waals surface area contributed by atoms with Crippen molar-refractivity contribution in [2.75, 3.05) is 13.6 Å². The Morgan fingerprint density at radius 1 is 0.824 bits per heavy atom. The van der Waals surface area contributed by atoms with Gasteiger partial charge in [0.2, 0.25) is 0 Å². The molecule has 0 amide bonds. The molecule has 0 radical (unpaired) electrons. The van der Waals surface area contributed by atoms with Crippen LogP contribution in [-0.4, -0.2) is 13.6 Å². The third kappa shape index (κ3) is 7.84. The molecule has 0 aromatic heterocycles. The highest BCUT2D eigenvalue weighted by Gasteiger charge is 2.12. The summed E-state index contributed by atoms with van der Waals surface area (Å²) in [7, 11) is 1.92. The molecule has 0 aliphatic carbocycles. The fraction of sp³-hybridized carbons (Fsp3) is 0.188. The Balaban J connectivity index is 0.000000350. The average molecular weight is 449 g/mol. The van der Waals surface area contributed by atoms with Crippen LogP contribution in [0, 0.1) is 0 Å². The second-order valence-electron chi connectivity index (χ2n) is 8.38. The minimum absolute atomic E-state index is 0.289. The molecule has 0 heterocycles. The lowest BCUT2D eigenvalue weighted by molar-refractivity contribution is 0.532. The molecule has 0 aliphatic heterocycles. The molecule has 0 fully saturated rings. The summed E-state index contributed by atoms with van der Waals surface area (Å²) in [5.41, 5.74) is 5.25. The van der Waals surface area contributed by atoms with E-state index in [1.807, 2.05) is 20.0 Å². The summed E-state index contributed by atoms with van der Waals surface area (Å²) in [6, 6.07) is 36.9. The minimum atomic E-state index is 0.289.